The van der Waals surface area contributed by atoms with Gasteiger partial charge in [0, 0.05) is 40.0 Å². The molecule has 0 radical (unpaired) electrons. The van der Waals surface area contributed by atoms with E-state index in [-0.39, 0.29) is 21.7 Å². The van der Waals surface area contributed by atoms with Gasteiger partial charge in [-0.1, -0.05) is 23.2 Å². The fourth-order valence-corrected chi connectivity index (χ4v) is 3.74. The summed E-state index contributed by atoms with van der Waals surface area (Å²) in [6.07, 6.45) is 1.25. The Hall–Kier alpha value is -1.18. The Morgan fingerprint density at radius 1 is 1.33 bits per heavy atom. The molecule has 1 aliphatic rings. The number of nitro groups is 1. The molecule has 0 aliphatic carbocycles. The van der Waals surface area contributed by atoms with Gasteiger partial charge in [0.15, 0.2) is 0 Å². The van der Waals surface area contributed by atoms with Crippen molar-refractivity contribution in [2.24, 2.45) is 0 Å². The molecule has 2 rings (SSSR count). The van der Waals surface area contributed by atoms with Crippen molar-refractivity contribution in [3.8, 4) is 0 Å². The van der Waals surface area contributed by atoms with E-state index < -0.39 is 27.3 Å². The SMILES string of the molecule is O=C(NC1CCS(=O)CC1)c1cc(Cl)c(Cl)c([N+](=O)[O-])c1. The summed E-state index contributed by atoms with van der Waals surface area (Å²) in [7, 11) is -0.816. The average molecular weight is 351 g/mol. The molecular formula is C12H12Cl2N2O4S. The van der Waals surface area contributed by atoms with Crippen LogP contribution >= 0.6 is 23.2 Å². The molecule has 1 heterocycles. The first-order valence-corrected chi connectivity index (χ1v) is 8.42. The second kappa shape index (κ2) is 6.72. The van der Waals surface area contributed by atoms with E-state index in [4.69, 9.17) is 23.2 Å². The van der Waals surface area contributed by atoms with Gasteiger partial charge >= 0.3 is 0 Å². The molecule has 1 amide bonds. The van der Waals surface area contributed by atoms with Crippen LogP contribution in [0, 0.1) is 10.1 Å². The largest absolute Gasteiger partial charge is 0.349 e. The van der Waals surface area contributed by atoms with Crippen molar-refractivity contribution in [2.75, 3.05) is 11.5 Å². The van der Waals surface area contributed by atoms with Crippen LogP contribution in [0.25, 0.3) is 0 Å². The standard InChI is InChI=1S/C12H12Cl2N2O4S/c13-9-5-7(6-10(11(9)14)16(18)19)12(17)15-8-1-3-21(20)4-2-8/h5-6,8H,1-4H2,(H,15,17). The Balaban J connectivity index is 2.16. The van der Waals surface area contributed by atoms with E-state index in [1.807, 2.05) is 0 Å². The number of rotatable bonds is 3. The molecule has 1 aromatic carbocycles. The third-order valence-corrected chi connectivity index (χ3v) is 5.37. The molecule has 1 saturated heterocycles. The van der Waals surface area contributed by atoms with Crippen molar-refractivity contribution >= 4 is 45.6 Å². The van der Waals surface area contributed by atoms with Gasteiger partial charge in [0.2, 0.25) is 0 Å². The summed E-state index contributed by atoms with van der Waals surface area (Å²) < 4.78 is 11.3. The highest BCUT2D eigenvalue weighted by molar-refractivity contribution is 7.85. The number of carbonyl (C=O) groups is 1. The van der Waals surface area contributed by atoms with Crippen LogP contribution in [-0.4, -0.2) is 32.6 Å². The van der Waals surface area contributed by atoms with Crippen molar-refractivity contribution in [1.82, 2.24) is 5.32 Å². The zero-order valence-corrected chi connectivity index (χ0v) is 13.1. The molecule has 9 heteroatoms. The number of nitrogens with one attached hydrogen (secondary N) is 1. The van der Waals surface area contributed by atoms with Gasteiger partial charge in [-0.2, -0.15) is 0 Å². The maximum atomic E-state index is 12.1. The average Bonchev–Trinajstić information content (AvgIpc) is 2.43. The summed E-state index contributed by atoms with van der Waals surface area (Å²) >= 11 is 11.5. The van der Waals surface area contributed by atoms with E-state index in [1.54, 1.807) is 0 Å². The third kappa shape index (κ3) is 3.93. The molecule has 21 heavy (non-hydrogen) atoms. The summed E-state index contributed by atoms with van der Waals surface area (Å²) in [5.74, 6) is 0.646. The summed E-state index contributed by atoms with van der Waals surface area (Å²) in [5.41, 5.74) is -0.318. The van der Waals surface area contributed by atoms with Gasteiger partial charge in [-0.25, -0.2) is 0 Å². The fraction of sp³-hybridized carbons (Fsp3) is 0.417. The normalized spacial score (nSPS) is 21.8. The number of benzene rings is 1. The zero-order valence-electron chi connectivity index (χ0n) is 10.8. The second-order valence-electron chi connectivity index (χ2n) is 4.64. The summed E-state index contributed by atoms with van der Waals surface area (Å²) in [5, 5.41) is 13.4. The topological polar surface area (TPSA) is 89.3 Å². The van der Waals surface area contributed by atoms with Crippen LogP contribution in [0.5, 0.6) is 0 Å². The van der Waals surface area contributed by atoms with Crippen LogP contribution in [-0.2, 0) is 10.8 Å². The highest BCUT2D eigenvalue weighted by Gasteiger charge is 2.23. The lowest BCUT2D eigenvalue weighted by atomic mass is 10.1. The highest BCUT2D eigenvalue weighted by atomic mass is 35.5. The Bertz CT molecular complexity index is 614. The number of carbonyl (C=O) groups excluding carboxylic acids is 1. The number of halogens is 2. The van der Waals surface area contributed by atoms with Crippen molar-refractivity contribution in [3.63, 3.8) is 0 Å². The molecule has 1 fully saturated rings. The van der Waals surface area contributed by atoms with Crippen LogP contribution in [0.2, 0.25) is 10.0 Å². The zero-order chi connectivity index (χ0) is 15.6. The van der Waals surface area contributed by atoms with Crippen LogP contribution in [0.3, 0.4) is 0 Å². The van der Waals surface area contributed by atoms with Crippen molar-refractivity contribution in [1.29, 1.82) is 0 Å². The van der Waals surface area contributed by atoms with Crippen LogP contribution in [0.1, 0.15) is 23.2 Å². The van der Waals surface area contributed by atoms with Crippen LogP contribution in [0.4, 0.5) is 5.69 Å². The van der Waals surface area contributed by atoms with Gasteiger partial charge in [0.1, 0.15) is 5.02 Å². The van der Waals surface area contributed by atoms with Gasteiger partial charge in [-0.3, -0.25) is 19.1 Å². The minimum Gasteiger partial charge on any atom is -0.349 e. The van der Waals surface area contributed by atoms with Gasteiger partial charge in [-0.15, -0.1) is 0 Å². The third-order valence-electron chi connectivity index (χ3n) is 3.19. The molecular weight excluding hydrogens is 339 g/mol. The van der Waals surface area contributed by atoms with E-state index in [2.05, 4.69) is 5.32 Å². The lowest BCUT2D eigenvalue weighted by molar-refractivity contribution is -0.384. The monoisotopic (exact) mass is 350 g/mol. The molecule has 1 aliphatic heterocycles. The maximum absolute atomic E-state index is 12.1. The number of hydrogen-bond acceptors (Lipinski definition) is 4. The molecule has 0 aromatic heterocycles. The van der Waals surface area contributed by atoms with E-state index in [1.165, 1.54) is 6.07 Å². The Morgan fingerprint density at radius 2 is 1.95 bits per heavy atom. The van der Waals surface area contributed by atoms with Gasteiger partial charge in [0.25, 0.3) is 11.6 Å². The first-order valence-electron chi connectivity index (χ1n) is 6.17. The summed E-state index contributed by atoms with van der Waals surface area (Å²) in [4.78, 5) is 22.3. The van der Waals surface area contributed by atoms with E-state index >= 15 is 0 Å². The number of nitrogens with zero attached hydrogens (tertiary/aromatic N) is 1. The molecule has 0 saturated carbocycles. The Kier molecular flexibility index (Phi) is 5.18. The lowest BCUT2D eigenvalue weighted by Crippen LogP contribution is -2.39. The molecule has 0 bridgehead atoms. The molecule has 1 N–H and O–H groups in total. The van der Waals surface area contributed by atoms with Gasteiger partial charge in [0.05, 0.1) is 9.95 Å². The number of hydrogen-bond donors (Lipinski definition) is 1. The minimum absolute atomic E-state index is 0.0410. The van der Waals surface area contributed by atoms with Crippen LogP contribution in [0.15, 0.2) is 12.1 Å². The van der Waals surface area contributed by atoms with Crippen molar-refractivity contribution in [3.05, 3.63) is 37.9 Å². The quantitative estimate of drug-likeness (QED) is 0.669. The van der Waals surface area contributed by atoms with Crippen LogP contribution < -0.4 is 5.32 Å². The highest BCUT2D eigenvalue weighted by Crippen LogP contribution is 2.33. The van der Waals surface area contributed by atoms with E-state index in [9.17, 15) is 19.1 Å². The van der Waals surface area contributed by atoms with Crippen molar-refractivity contribution < 1.29 is 13.9 Å². The predicted octanol–water partition coefficient (Wildman–Crippen LogP) is 2.54. The summed E-state index contributed by atoms with van der Waals surface area (Å²) in [6.45, 7) is 0. The fourth-order valence-electron chi connectivity index (χ4n) is 2.05. The molecule has 114 valence electrons. The minimum atomic E-state index is -0.816. The Morgan fingerprint density at radius 3 is 2.52 bits per heavy atom. The molecule has 0 atom stereocenters. The Labute approximate surface area is 133 Å². The number of amides is 1. The van der Waals surface area contributed by atoms with E-state index in [0.29, 0.717) is 24.3 Å². The maximum Gasteiger partial charge on any atom is 0.290 e. The number of nitro benzene ring substituents is 1. The van der Waals surface area contributed by atoms with Gasteiger partial charge in [-0.05, 0) is 18.9 Å². The smallest absolute Gasteiger partial charge is 0.290 e. The van der Waals surface area contributed by atoms with Crippen molar-refractivity contribution in [2.45, 2.75) is 18.9 Å². The predicted molar refractivity (Wildman–Crippen MR) is 81.5 cm³/mol. The second-order valence-corrected chi connectivity index (χ2v) is 7.13. The van der Waals surface area contributed by atoms with Gasteiger partial charge < -0.3 is 5.32 Å². The molecule has 6 nitrogen and oxygen atoms in total. The lowest BCUT2D eigenvalue weighted by Gasteiger charge is -2.22. The molecule has 0 unspecified atom stereocenters. The summed E-state index contributed by atoms with van der Waals surface area (Å²) in [6, 6.07) is 2.32. The van der Waals surface area contributed by atoms with E-state index in [0.717, 1.165) is 6.07 Å². The first-order chi connectivity index (χ1) is 9.88. The molecule has 0 spiro atoms. The first kappa shape index (κ1) is 16.2. The molecule has 1 aromatic rings.